The summed E-state index contributed by atoms with van der Waals surface area (Å²) >= 11 is 0. The third-order valence-electron chi connectivity index (χ3n) is 1.83. The number of rotatable bonds is 6. The molecule has 0 heterocycles. The molecule has 0 aromatic rings. The number of likely N-dealkylation sites (N-methyl/N-ethyl adjacent to an activating group) is 1. The van der Waals surface area contributed by atoms with Crippen molar-refractivity contribution in [3.63, 3.8) is 0 Å². The summed E-state index contributed by atoms with van der Waals surface area (Å²) in [7, 11) is 1.58. The normalized spacial score (nSPS) is 9.64. The molecule has 0 fully saturated rings. The molecular weight excluding hydrogens is 184 g/mol. The second kappa shape index (κ2) is 7.32. The molecule has 2 amide bonds. The molecule has 14 heavy (non-hydrogen) atoms. The van der Waals surface area contributed by atoms with Crippen LogP contribution >= 0.6 is 0 Å². The summed E-state index contributed by atoms with van der Waals surface area (Å²) < 4.78 is 0. The Bertz CT molecular complexity index is 194. The lowest BCUT2D eigenvalue weighted by Gasteiger charge is -2.13. The fourth-order valence-corrected chi connectivity index (χ4v) is 0.847. The van der Waals surface area contributed by atoms with E-state index in [-0.39, 0.29) is 25.0 Å². The SMILES string of the molecule is CC(=O)N(C)CC(=O)NCCCCO. The van der Waals surface area contributed by atoms with Gasteiger partial charge in [-0.1, -0.05) is 0 Å². The largest absolute Gasteiger partial charge is 0.396 e. The maximum atomic E-state index is 11.2. The van der Waals surface area contributed by atoms with E-state index in [0.29, 0.717) is 13.0 Å². The summed E-state index contributed by atoms with van der Waals surface area (Å²) in [5.74, 6) is -0.295. The van der Waals surface area contributed by atoms with Gasteiger partial charge in [0.1, 0.15) is 0 Å². The van der Waals surface area contributed by atoms with Gasteiger partial charge < -0.3 is 15.3 Å². The predicted octanol–water partition coefficient (Wildman–Crippen LogP) is -0.647. The highest BCUT2D eigenvalue weighted by atomic mass is 16.3. The first-order chi connectivity index (χ1) is 6.57. The Morgan fingerprint density at radius 2 is 2.00 bits per heavy atom. The number of carbonyl (C=O) groups is 2. The molecule has 0 aliphatic carbocycles. The first-order valence-electron chi connectivity index (χ1n) is 4.67. The van der Waals surface area contributed by atoms with Crippen LogP contribution in [-0.4, -0.2) is 48.6 Å². The number of unbranched alkanes of at least 4 members (excludes halogenated alkanes) is 1. The zero-order valence-electron chi connectivity index (χ0n) is 8.75. The van der Waals surface area contributed by atoms with Crippen LogP contribution in [-0.2, 0) is 9.59 Å². The van der Waals surface area contributed by atoms with Gasteiger partial charge in [0, 0.05) is 27.1 Å². The average Bonchev–Trinajstić information content (AvgIpc) is 2.12. The van der Waals surface area contributed by atoms with Gasteiger partial charge in [-0.3, -0.25) is 9.59 Å². The summed E-state index contributed by atoms with van der Waals surface area (Å²) in [6, 6.07) is 0. The summed E-state index contributed by atoms with van der Waals surface area (Å²) in [4.78, 5) is 23.3. The van der Waals surface area contributed by atoms with Gasteiger partial charge in [0.25, 0.3) is 0 Å². The second-order valence-corrected chi connectivity index (χ2v) is 3.16. The van der Waals surface area contributed by atoms with E-state index in [4.69, 9.17) is 5.11 Å². The van der Waals surface area contributed by atoms with Crippen molar-refractivity contribution >= 4 is 11.8 Å². The predicted molar refractivity (Wildman–Crippen MR) is 52.6 cm³/mol. The Kier molecular flexibility index (Phi) is 6.74. The molecule has 0 aliphatic rings. The van der Waals surface area contributed by atoms with Crippen molar-refractivity contribution < 1.29 is 14.7 Å². The molecule has 5 heteroatoms. The smallest absolute Gasteiger partial charge is 0.239 e. The van der Waals surface area contributed by atoms with Crippen LogP contribution in [0.25, 0.3) is 0 Å². The lowest BCUT2D eigenvalue weighted by atomic mass is 10.3. The Balaban J connectivity index is 3.50. The van der Waals surface area contributed by atoms with Gasteiger partial charge >= 0.3 is 0 Å². The van der Waals surface area contributed by atoms with Crippen molar-refractivity contribution in [1.29, 1.82) is 0 Å². The van der Waals surface area contributed by atoms with Crippen molar-refractivity contribution in [2.24, 2.45) is 0 Å². The third kappa shape index (κ3) is 6.42. The number of amides is 2. The quantitative estimate of drug-likeness (QED) is 0.562. The molecule has 0 aliphatic heterocycles. The van der Waals surface area contributed by atoms with Gasteiger partial charge in [-0.25, -0.2) is 0 Å². The van der Waals surface area contributed by atoms with Gasteiger partial charge in [0.15, 0.2) is 0 Å². The fraction of sp³-hybridized carbons (Fsp3) is 0.778. The maximum Gasteiger partial charge on any atom is 0.239 e. The molecule has 0 saturated carbocycles. The molecule has 82 valence electrons. The van der Waals surface area contributed by atoms with E-state index in [9.17, 15) is 9.59 Å². The van der Waals surface area contributed by atoms with Crippen LogP contribution in [0.2, 0.25) is 0 Å². The molecule has 0 aromatic heterocycles. The maximum absolute atomic E-state index is 11.2. The summed E-state index contributed by atoms with van der Waals surface area (Å²) in [6.45, 7) is 2.20. The van der Waals surface area contributed by atoms with E-state index >= 15 is 0 Å². The zero-order chi connectivity index (χ0) is 11.0. The Labute approximate surface area is 84.1 Å². The van der Waals surface area contributed by atoms with E-state index in [1.165, 1.54) is 11.8 Å². The molecule has 0 unspecified atom stereocenters. The first kappa shape index (κ1) is 12.9. The van der Waals surface area contributed by atoms with Crippen LogP contribution in [0.4, 0.5) is 0 Å². The molecular formula is C9H18N2O3. The van der Waals surface area contributed by atoms with Crippen LogP contribution in [0, 0.1) is 0 Å². The summed E-state index contributed by atoms with van der Waals surface area (Å²) in [5.41, 5.74) is 0. The van der Waals surface area contributed by atoms with Crippen LogP contribution in [0.1, 0.15) is 19.8 Å². The topological polar surface area (TPSA) is 69.6 Å². The molecule has 0 spiro atoms. The summed E-state index contributed by atoms with van der Waals surface area (Å²) in [6.07, 6.45) is 1.44. The second-order valence-electron chi connectivity index (χ2n) is 3.16. The van der Waals surface area contributed by atoms with Crippen LogP contribution in [0.3, 0.4) is 0 Å². The van der Waals surface area contributed by atoms with Crippen molar-refractivity contribution in [2.75, 3.05) is 26.7 Å². The number of nitrogens with one attached hydrogen (secondary N) is 1. The van der Waals surface area contributed by atoms with E-state index in [2.05, 4.69) is 5.32 Å². The van der Waals surface area contributed by atoms with Gasteiger partial charge in [-0.05, 0) is 12.8 Å². The number of hydrogen-bond donors (Lipinski definition) is 2. The van der Waals surface area contributed by atoms with Crippen LogP contribution < -0.4 is 5.32 Å². The van der Waals surface area contributed by atoms with Crippen molar-refractivity contribution in [1.82, 2.24) is 10.2 Å². The molecule has 0 bridgehead atoms. The monoisotopic (exact) mass is 202 g/mol. The lowest BCUT2D eigenvalue weighted by Crippen LogP contribution is -2.37. The highest BCUT2D eigenvalue weighted by Crippen LogP contribution is 1.86. The fourth-order valence-electron chi connectivity index (χ4n) is 0.847. The Morgan fingerprint density at radius 3 is 2.50 bits per heavy atom. The standard InChI is InChI=1S/C9H18N2O3/c1-8(13)11(2)7-9(14)10-5-3-4-6-12/h12H,3-7H2,1-2H3,(H,10,14). The number of carbonyl (C=O) groups excluding carboxylic acids is 2. The van der Waals surface area contributed by atoms with Crippen LogP contribution in [0.5, 0.6) is 0 Å². The Hall–Kier alpha value is -1.10. The first-order valence-corrected chi connectivity index (χ1v) is 4.67. The van der Waals surface area contributed by atoms with Gasteiger partial charge in [0.2, 0.25) is 11.8 Å². The number of hydrogen-bond acceptors (Lipinski definition) is 3. The van der Waals surface area contributed by atoms with Gasteiger partial charge in [0.05, 0.1) is 6.54 Å². The zero-order valence-corrected chi connectivity index (χ0v) is 8.75. The minimum Gasteiger partial charge on any atom is -0.396 e. The highest BCUT2D eigenvalue weighted by Gasteiger charge is 2.07. The number of aliphatic hydroxyl groups excluding tert-OH is 1. The van der Waals surface area contributed by atoms with E-state index in [1.54, 1.807) is 7.05 Å². The minimum atomic E-state index is -0.166. The van der Waals surface area contributed by atoms with E-state index in [1.807, 2.05) is 0 Å². The molecule has 0 saturated heterocycles. The minimum absolute atomic E-state index is 0.0917. The number of aliphatic hydroxyl groups is 1. The van der Waals surface area contributed by atoms with Crippen molar-refractivity contribution in [3.05, 3.63) is 0 Å². The van der Waals surface area contributed by atoms with Crippen LogP contribution in [0.15, 0.2) is 0 Å². The highest BCUT2D eigenvalue weighted by molar-refractivity contribution is 5.83. The average molecular weight is 202 g/mol. The molecule has 5 nitrogen and oxygen atoms in total. The summed E-state index contributed by atoms with van der Waals surface area (Å²) in [5, 5.41) is 11.1. The molecule has 0 aromatic carbocycles. The van der Waals surface area contributed by atoms with E-state index in [0.717, 1.165) is 6.42 Å². The van der Waals surface area contributed by atoms with Gasteiger partial charge in [-0.2, -0.15) is 0 Å². The number of nitrogens with zero attached hydrogens (tertiary/aromatic N) is 1. The molecule has 2 N–H and O–H groups in total. The van der Waals surface area contributed by atoms with E-state index < -0.39 is 0 Å². The Morgan fingerprint density at radius 1 is 1.36 bits per heavy atom. The van der Waals surface area contributed by atoms with Crippen molar-refractivity contribution in [3.8, 4) is 0 Å². The lowest BCUT2D eigenvalue weighted by molar-refractivity contribution is -0.133. The molecule has 0 radical (unpaired) electrons. The molecule has 0 atom stereocenters. The third-order valence-corrected chi connectivity index (χ3v) is 1.83. The molecule has 0 rings (SSSR count). The van der Waals surface area contributed by atoms with Gasteiger partial charge in [-0.15, -0.1) is 0 Å². The van der Waals surface area contributed by atoms with Crippen molar-refractivity contribution in [2.45, 2.75) is 19.8 Å².